The van der Waals surface area contributed by atoms with Gasteiger partial charge >= 0.3 is 0 Å². The van der Waals surface area contributed by atoms with Gasteiger partial charge in [0.1, 0.15) is 5.75 Å². The highest BCUT2D eigenvalue weighted by atomic mass is 16.5. The fraction of sp³-hybridized carbons (Fsp3) is 0.333. The van der Waals surface area contributed by atoms with Gasteiger partial charge in [-0.2, -0.15) is 0 Å². The van der Waals surface area contributed by atoms with Gasteiger partial charge in [-0.05, 0) is 37.8 Å². The van der Waals surface area contributed by atoms with E-state index in [1.165, 1.54) is 22.3 Å². The van der Waals surface area contributed by atoms with Crippen LogP contribution in [0.1, 0.15) is 40.3 Å². The summed E-state index contributed by atoms with van der Waals surface area (Å²) in [4.78, 5) is 0. The summed E-state index contributed by atoms with van der Waals surface area (Å²) in [5.41, 5.74) is 9.04. The van der Waals surface area contributed by atoms with Crippen LogP contribution in [0.15, 0.2) is 36.4 Å². The van der Waals surface area contributed by atoms with Crippen LogP contribution in [0.25, 0.3) is 0 Å². The van der Waals surface area contributed by atoms with E-state index in [0.717, 1.165) is 30.8 Å². The topological polar surface area (TPSA) is 47.3 Å². The fourth-order valence-electron chi connectivity index (χ4n) is 3.18. The van der Waals surface area contributed by atoms with Crippen LogP contribution in [-0.4, -0.2) is 6.61 Å². The Labute approximate surface area is 126 Å². The first-order valence-corrected chi connectivity index (χ1v) is 7.48. The van der Waals surface area contributed by atoms with Crippen molar-refractivity contribution in [2.24, 2.45) is 5.84 Å². The maximum atomic E-state index is 5.92. The highest BCUT2D eigenvalue weighted by molar-refractivity contribution is 5.48. The molecule has 0 spiro atoms. The lowest BCUT2D eigenvalue weighted by Crippen LogP contribution is -2.30. The minimum Gasteiger partial charge on any atom is -0.493 e. The minimum atomic E-state index is -0.0448. The Morgan fingerprint density at radius 3 is 2.62 bits per heavy atom. The normalized spacial score (nSPS) is 15.2. The van der Waals surface area contributed by atoms with Gasteiger partial charge in [0.25, 0.3) is 0 Å². The molecule has 3 N–H and O–H groups in total. The Morgan fingerprint density at radius 2 is 1.90 bits per heavy atom. The van der Waals surface area contributed by atoms with Crippen molar-refractivity contribution in [1.29, 1.82) is 0 Å². The van der Waals surface area contributed by atoms with E-state index in [4.69, 9.17) is 10.6 Å². The number of para-hydroxylation sites is 1. The zero-order valence-corrected chi connectivity index (χ0v) is 12.6. The average molecular weight is 282 g/mol. The SMILES string of the molecule is Cc1cc(C)cc(C(NN)c2cccc3c2OCCC3)c1. The number of rotatable bonds is 3. The van der Waals surface area contributed by atoms with E-state index >= 15 is 0 Å². The van der Waals surface area contributed by atoms with Gasteiger partial charge in [0, 0.05) is 5.56 Å². The Morgan fingerprint density at radius 1 is 1.14 bits per heavy atom. The second-order valence-corrected chi connectivity index (χ2v) is 5.81. The van der Waals surface area contributed by atoms with Crippen molar-refractivity contribution in [3.63, 3.8) is 0 Å². The van der Waals surface area contributed by atoms with E-state index in [-0.39, 0.29) is 6.04 Å². The predicted octanol–water partition coefficient (Wildman–Crippen LogP) is 3.18. The van der Waals surface area contributed by atoms with Crippen molar-refractivity contribution in [3.8, 4) is 5.75 Å². The number of hydrogen-bond donors (Lipinski definition) is 2. The second kappa shape index (κ2) is 5.88. The molecule has 0 aromatic heterocycles. The molecule has 1 atom stereocenters. The standard InChI is InChI=1S/C18H22N2O/c1-12-9-13(2)11-15(10-12)17(20-19)16-7-3-5-14-6-4-8-21-18(14)16/h3,5,7,9-11,17,20H,4,6,8,19H2,1-2H3. The second-order valence-electron chi connectivity index (χ2n) is 5.81. The fourth-order valence-corrected chi connectivity index (χ4v) is 3.18. The number of benzene rings is 2. The summed E-state index contributed by atoms with van der Waals surface area (Å²) in [6.45, 7) is 5.01. The molecule has 0 saturated heterocycles. The smallest absolute Gasteiger partial charge is 0.127 e. The van der Waals surface area contributed by atoms with Crippen molar-refractivity contribution in [3.05, 3.63) is 64.2 Å². The molecule has 0 amide bonds. The first-order valence-electron chi connectivity index (χ1n) is 7.48. The Hall–Kier alpha value is -1.84. The highest BCUT2D eigenvalue weighted by Gasteiger charge is 2.21. The van der Waals surface area contributed by atoms with Gasteiger partial charge in [-0.1, -0.05) is 47.5 Å². The predicted molar refractivity (Wildman–Crippen MR) is 85.3 cm³/mol. The van der Waals surface area contributed by atoms with Gasteiger partial charge in [0.2, 0.25) is 0 Å². The lowest BCUT2D eigenvalue weighted by Gasteiger charge is -2.25. The van der Waals surface area contributed by atoms with Crippen LogP contribution in [0.5, 0.6) is 5.75 Å². The van der Waals surface area contributed by atoms with E-state index in [1.807, 2.05) is 0 Å². The van der Waals surface area contributed by atoms with Crippen LogP contribution in [-0.2, 0) is 6.42 Å². The number of ether oxygens (including phenoxy) is 1. The van der Waals surface area contributed by atoms with Crippen LogP contribution >= 0.6 is 0 Å². The Kier molecular flexibility index (Phi) is 3.95. The molecule has 2 aromatic carbocycles. The molecular formula is C18H22N2O. The molecule has 1 aliphatic heterocycles. The summed E-state index contributed by atoms with van der Waals surface area (Å²) in [5.74, 6) is 6.87. The van der Waals surface area contributed by atoms with Gasteiger partial charge < -0.3 is 4.74 Å². The van der Waals surface area contributed by atoms with Gasteiger partial charge in [0.05, 0.1) is 12.6 Å². The number of hydrogen-bond acceptors (Lipinski definition) is 3. The lowest BCUT2D eigenvalue weighted by molar-refractivity contribution is 0.283. The summed E-state index contributed by atoms with van der Waals surface area (Å²) >= 11 is 0. The zero-order valence-electron chi connectivity index (χ0n) is 12.6. The minimum absolute atomic E-state index is 0.0448. The molecule has 21 heavy (non-hydrogen) atoms. The van der Waals surface area contributed by atoms with E-state index in [2.05, 4.69) is 55.7 Å². The molecule has 1 aliphatic rings. The lowest BCUT2D eigenvalue weighted by atomic mass is 9.92. The molecule has 1 heterocycles. The van der Waals surface area contributed by atoms with Crippen LogP contribution in [0, 0.1) is 13.8 Å². The van der Waals surface area contributed by atoms with E-state index in [9.17, 15) is 0 Å². The maximum absolute atomic E-state index is 5.92. The summed E-state index contributed by atoms with van der Waals surface area (Å²) in [6, 6.07) is 12.8. The van der Waals surface area contributed by atoms with Crippen molar-refractivity contribution >= 4 is 0 Å². The molecule has 1 unspecified atom stereocenters. The molecule has 110 valence electrons. The third-order valence-electron chi connectivity index (χ3n) is 4.02. The molecule has 0 bridgehead atoms. The Balaban J connectivity index is 2.08. The molecule has 3 heteroatoms. The molecular weight excluding hydrogens is 260 g/mol. The summed E-state index contributed by atoms with van der Waals surface area (Å²) in [5, 5.41) is 0. The molecule has 0 saturated carbocycles. The van der Waals surface area contributed by atoms with Crippen LogP contribution < -0.4 is 16.0 Å². The van der Waals surface area contributed by atoms with Crippen molar-refractivity contribution in [1.82, 2.24) is 5.43 Å². The number of hydrazine groups is 1. The largest absolute Gasteiger partial charge is 0.493 e. The molecule has 3 rings (SSSR count). The van der Waals surface area contributed by atoms with E-state index in [1.54, 1.807) is 0 Å². The van der Waals surface area contributed by atoms with Gasteiger partial charge in [-0.25, -0.2) is 5.43 Å². The number of aryl methyl sites for hydroxylation is 3. The summed E-state index contributed by atoms with van der Waals surface area (Å²) < 4.78 is 5.92. The average Bonchev–Trinajstić information content (AvgIpc) is 2.47. The first-order chi connectivity index (χ1) is 10.2. The molecule has 0 aliphatic carbocycles. The third-order valence-corrected chi connectivity index (χ3v) is 4.02. The summed E-state index contributed by atoms with van der Waals surface area (Å²) in [7, 11) is 0. The molecule has 3 nitrogen and oxygen atoms in total. The van der Waals surface area contributed by atoms with Gasteiger partial charge in [-0.3, -0.25) is 5.84 Å². The molecule has 0 radical (unpaired) electrons. The third kappa shape index (κ3) is 2.80. The first kappa shape index (κ1) is 14.1. The van der Waals surface area contributed by atoms with E-state index < -0.39 is 0 Å². The zero-order chi connectivity index (χ0) is 14.8. The maximum Gasteiger partial charge on any atom is 0.127 e. The van der Waals surface area contributed by atoms with Crippen molar-refractivity contribution in [2.45, 2.75) is 32.7 Å². The highest BCUT2D eigenvalue weighted by Crippen LogP contribution is 2.35. The quantitative estimate of drug-likeness (QED) is 0.671. The van der Waals surface area contributed by atoms with Crippen LogP contribution in [0.3, 0.4) is 0 Å². The van der Waals surface area contributed by atoms with Gasteiger partial charge in [0.15, 0.2) is 0 Å². The number of nitrogens with one attached hydrogen (secondary N) is 1. The molecule has 2 aromatic rings. The monoisotopic (exact) mass is 282 g/mol. The Bertz CT molecular complexity index is 631. The summed E-state index contributed by atoms with van der Waals surface area (Å²) in [6.07, 6.45) is 2.16. The van der Waals surface area contributed by atoms with Crippen molar-refractivity contribution < 1.29 is 4.74 Å². The van der Waals surface area contributed by atoms with Gasteiger partial charge in [-0.15, -0.1) is 0 Å². The van der Waals surface area contributed by atoms with Crippen LogP contribution in [0.4, 0.5) is 0 Å². The van der Waals surface area contributed by atoms with Crippen LogP contribution in [0.2, 0.25) is 0 Å². The van der Waals surface area contributed by atoms with Crippen molar-refractivity contribution in [2.75, 3.05) is 6.61 Å². The number of fused-ring (bicyclic) bond motifs is 1. The number of nitrogens with two attached hydrogens (primary N) is 1. The van der Waals surface area contributed by atoms with E-state index in [0.29, 0.717) is 0 Å². The molecule has 0 fully saturated rings.